The van der Waals surface area contributed by atoms with E-state index in [4.69, 9.17) is 10.5 Å². The fraction of sp³-hybridized carbons (Fsp3) is 0.800. The van der Waals surface area contributed by atoms with Crippen molar-refractivity contribution in [1.29, 1.82) is 0 Å². The number of hydrogen-bond acceptors (Lipinski definition) is 4. The highest BCUT2D eigenvalue weighted by Gasteiger charge is 2.47. The number of rotatable bonds is 4. The number of likely N-dealkylation sites (tertiary alicyclic amines) is 1. The molecule has 2 heterocycles. The van der Waals surface area contributed by atoms with Crippen LogP contribution in [0.5, 0.6) is 5.75 Å². The van der Waals surface area contributed by atoms with Crippen LogP contribution in [0.15, 0.2) is 6.20 Å². The Morgan fingerprint density at radius 3 is 2.50 bits per heavy atom. The second kappa shape index (κ2) is 5.37. The van der Waals surface area contributed by atoms with Gasteiger partial charge in [0.15, 0.2) is 5.75 Å². The SMILES string of the molecule is COc1cnn(C)c1C(N)C1(N2CCCC2)CCCC1. The number of hydrogen-bond donors (Lipinski definition) is 1. The summed E-state index contributed by atoms with van der Waals surface area (Å²) in [5.74, 6) is 0.825. The Morgan fingerprint density at radius 1 is 1.25 bits per heavy atom. The van der Waals surface area contributed by atoms with Crippen LogP contribution >= 0.6 is 0 Å². The van der Waals surface area contributed by atoms with Gasteiger partial charge in [-0.05, 0) is 38.8 Å². The zero-order valence-corrected chi connectivity index (χ0v) is 12.6. The van der Waals surface area contributed by atoms with Crippen LogP contribution in [0.2, 0.25) is 0 Å². The molecule has 0 amide bonds. The van der Waals surface area contributed by atoms with Gasteiger partial charge in [0.2, 0.25) is 0 Å². The zero-order chi connectivity index (χ0) is 14.2. The van der Waals surface area contributed by atoms with Crippen LogP contribution in [0, 0.1) is 0 Å². The Morgan fingerprint density at radius 2 is 1.90 bits per heavy atom. The number of aromatic nitrogens is 2. The monoisotopic (exact) mass is 278 g/mol. The van der Waals surface area contributed by atoms with Crippen molar-refractivity contribution < 1.29 is 4.74 Å². The van der Waals surface area contributed by atoms with E-state index >= 15 is 0 Å². The van der Waals surface area contributed by atoms with Crippen molar-refractivity contribution in [1.82, 2.24) is 14.7 Å². The van der Waals surface area contributed by atoms with E-state index in [1.165, 1.54) is 51.6 Å². The lowest BCUT2D eigenvalue weighted by molar-refractivity contribution is 0.0881. The highest BCUT2D eigenvalue weighted by molar-refractivity contribution is 5.31. The lowest BCUT2D eigenvalue weighted by Crippen LogP contribution is -2.53. The lowest BCUT2D eigenvalue weighted by Gasteiger charge is -2.43. The summed E-state index contributed by atoms with van der Waals surface area (Å²) in [5.41, 5.74) is 7.91. The van der Waals surface area contributed by atoms with Gasteiger partial charge in [-0.15, -0.1) is 0 Å². The van der Waals surface area contributed by atoms with Crippen LogP contribution < -0.4 is 10.5 Å². The van der Waals surface area contributed by atoms with Gasteiger partial charge in [0.05, 0.1) is 25.0 Å². The largest absolute Gasteiger partial charge is 0.493 e. The fourth-order valence-electron chi connectivity index (χ4n) is 4.17. The Bertz CT molecular complexity index is 458. The normalized spacial score (nSPS) is 24.1. The summed E-state index contributed by atoms with van der Waals surface area (Å²) in [5, 5.41) is 4.33. The molecule has 5 nitrogen and oxygen atoms in total. The minimum absolute atomic E-state index is 0.0226. The molecular formula is C15H26N4O. The molecule has 0 bridgehead atoms. The summed E-state index contributed by atoms with van der Waals surface area (Å²) in [4.78, 5) is 2.64. The van der Waals surface area contributed by atoms with Crippen LogP contribution in [0.4, 0.5) is 0 Å². The molecular weight excluding hydrogens is 252 g/mol. The van der Waals surface area contributed by atoms with Crippen molar-refractivity contribution >= 4 is 0 Å². The van der Waals surface area contributed by atoms with Gasteiger partial charge in [-0.25, -0.2) is 0 Å². The average molecular weight is 278 g/mol. The molecule has 2 fully saturated rings. The van der Waals surface area contributed by atoms with Gasteiger partial charge < -0.3 is 10.5 Å². The Hall–Kier alpha value is -1.07. The molecule has 112 valence electrons. The molecule has 0 spiro atoms. The van der Waals surface area contributed by atoms with Gasteiger partial charge in [-0.1, -0.05) is 12.8 Å². The third kappa shape index (κ3) is 2.04. The summed E-state index contributed by atoms with van der Waals surface area (Å²) < 4.78 is 7.36. The Kier molecular flexibility index (Phi) is 3.73. The van der Waals surface area contributed by atoms with Crippen LogP contribution in [0.1, 0.15) is 50.3 Å². The fourth-order valence-corrected chi connectivity index (χ4v) is 4.17. The van der Waals surface area contributed by atoms with E-state index in [2.05, 4.69) is 10.00 Å². The van der Waals surface area contributed by atoms with Crippen LogP contribution in [0.3, 0.4) is 0 Å². The van der Waals surface area contributed by atoms with Gasteiger partial charge in [-0.3, -0.25) is 9.58 Å². The highest BCUT2D eigenvalue weighted by atomic mass is 16.5. The minimum atomic E-state index is -0.0226. The summed E-state index contributed by atoms with van der Waals surface area (Å²) in [6.07, 6.45) is 9.34. The first-order valence-corrected chi connectivity index (χ1v) is 7.75. The summed E-state index contributed by atoms with van der Waals surface area (Å²) in [7, 11) is 3.66. The number of nitrogens with zero attached hydrogens (tertiary/aromatic N) is 3. The molecule has 1 saturated heterocycles. The molecule has 1 unspecified atom stereocenters. The molecule has 2 N–H and O–H groups in total. The molecule has 1 aromatic heterocycles. The second-order valence-corrected chi connectivity index (χ2v) is 6.20. The first-order valence-electron chi connectivity index (χ1n) is 7.75. The van der Waals surface area contributed by atoms with Crippen molar-refractivity contribution in [2.24, 2.45) is 12.8 Å². The maximum Gasteiger partial charge on any atom is 0.161 e. The molecule has 1 aliphatic carbocycles. The van der Waals surface area contributed by atoms with Gasteiger partial charge in [0, 0.05) is 12.6 Å². The molecule has 1 atom stereocenters. The van der Waals surface area contributed by atoms with E-state index in [0.29, 0.717) is 0 Å². The van der Waals surface area contributed by atoms with Crippen LogP contribution in [-0.4, -0.2) is 40.4 Å². The molecule has 3 rings (SSSR count). The van der Waals surface area contributed by atoms with Crippen molar-refractivity contribution in [3.63, 3.8) is 0 Å². The molecule has 0 radical (unpaired) electrons. The zero-order valence-electron chi connectivity index (χ0n) is 12.6. The average Bonchev–Trinajstić information content (AvgIpc) is 3.18. The number of methoxy groups -OCH3 is 1. The molecule has 20 heavy (non-hydrogen) atoms. The van der Waals surface area contributed by atoms with Crippen molar-refractivity contribution in [3.05, 3.63) is 11.9 Å². The smallest absolute Gasteiger partial charge is 0.161 e. The van der Waals surface area contributed by atoms with Crippen molar-refractivity contribution in [2.45, 2.75) is 50.1 Å². The highest BCUT2D eigenvalue weighted by Crippen LogP contribution is 2.46. The van der Waals surface area contributed by atoms with Crippen LogP contribution in [0.25, 0.3) is 0 Å². The van der Waals surface area contributed by atoms with Crippen LogP contribution in [-0.2, 0) is 7.05 Å². The Labute approximate surface area is 121 Å². The van der Waals surface area contributed by atoms with Gasteiger partial charge >= 0.3 is 0 Å². The third-order valence-electron chi connectivity index (χ3n) is 5.25. The first kappa shape index (κ1) is 13.9. The minimum Gasteiger partial charge on any atom is -0.493 e. The second-order valence-electron chi connectivity index (χ2n) is 6.20. The maximum absolute atomic E-state index is 6.75. The lowest BCUT2D eigenvalue weighted by atomic mass is 9.84. The van der Waals surface area contributed by atoms with E-state index in [1.807, 2.05) is 11.7 Å². The van der Waals surface area contributed by atoms with E-state index < -0.39 is 0 Å². The summed E-state index contributed by atoms with van der Waals surface area (Å²) >= 11 is 0. The van der Waals surface area contributed by atoms with Gasteiger partial charge in [0.25, 0.3) is 0 Å². The summed E-state index contributed by atoms with van der Waals surface area (Å²) in [6, 6.07) is -0.0226. The predicted octanol–water partition coefficient (Wildman–Crippen LogP) is 1.84. The third-order valence-corrected chi connectivity index (χ3v) is 5.25. The van der Waals surface area contributed by atoms with E-state index in [-0.39, 0.29) is 11.6 Å². The number of ether oxygens (including phenoxy) is 1. The first-order chi connectivity index (χ1) is 9.69. The molecule has 1 aromatic rings. The standard InChI is InChI=1S/C15H26N4O/c1-18-13(12(20-2)11-17-18)14(16)15(7-3-4-8-15)19-9-5-6-10-19/h11,14H,3-10,16H2,1-2H3. The van der Waals surface area contributed by atoms with Gasteiger partial charge in [-0.2, -0.15) is 5.10 Å². The van der Waals surface area contributed by atoms with E-state index in [1.54, 1.807) is 13.3 Å². The topological polar surface area (TPSA) is 56.3 Å². The van der Waals surface area contributed by atoms with Crippen molar-refractivity contribution in [2.75, 3.05) is 20.2 Å². The van der Waals surface area contributed by atoms with Gasteiger partial charge in [0.1, 0.15) is 0 Å². The summed E-state index contributed by atoms with van der Waals surface area (Å²) in [6.45, 7) is 2.38. The number of aryl methyl sites for hydroxylation is 1. The molecule has 2 aliphatic rings. The molecule has 5 heteroatoms. The quantitative estimate of drug-likeness (QED) is 0.913. The molecule has 1 saturated carbocycles. The maximum atomic E-state index is 6.75. The van der Waals surface area contributed by atoms with E-state index in [0.717, 1.165) is 11.4 Å². The van der Waals surface area contributed by atoms with E-state index in [9.17, 15) is 0 Å². The Balaban J connectivity index is 1.96. The number of nitrogens with two attached hydrogens (primary N) is 1. The predicted molar refractivity (Wildman–Crippen MR) is 78.7 cm³/mol. The molecule has 0 aromatic carbocycles. The molecule has 1 aliphatic heterocycles. The van der Waals surface area contributed by atoms with Crippen molar-refractivity contribution in [3.8, 4) is 5.75 Å².